The monoisotopic (exact) mass is 238 g/mol. The number of aryl methyl sites for hydroxylation is 2. The predicted octanol–water partition coefficient (Wildman–Crippen LogP) is 2.17. The van der Waals surface area contributed by atoms with Gasteiger partial charge in [-0.15, -0.1) is 0 Å². The smallest absolute Gasteiger partial charge is 0.332 e. The molecular weight excluding hydrogens is 220 g/mol. The summed E-state index contributed by atoms with van der Waals surface area (Å²) in [6.45, 7) is 6.12. The van der Waals surface area contributed by atoms with E-state index in [9.17, 15) is 4.79 Å². The molecule has 17 heavy (non-hydrogen) atoms. The van der Waals surface area contributed by atoms with Crippen LogP contribution in [0, 0.1) is 13.8 Å². The fraction of sp³-hybridized carbons (Fsp3) is 0.462. The van der Waals surface area contributed by atoms with Crippen LogP contribution in [0.1, 0.15) is 18.1 Å². The van der Waals surface area contributed by atoms with Gasteiger partial charge in [0, 0.05) is 0 Å². The van der Waals surface area contributed by atoms with Crippen molar-refractivity contribution in [1.29, 1.82) is 0 Å². The molecule has 1 atom stereocenters. The van der Waals surface area contributed by atoms with Gasteiger partial charge in [-0.1, -0.05) is 6.07 Å². The van der Waals surface area contributed by atoms with Crippen LogP contribution in [0.15, 0.2) is 18.2 Å². The molecule has 0 fully saturated rings. The molecule has 0 aliphatic rings. The Morgan fingerprint density at radius 3 is 2.35 bits per heavy atom. The van der Waals surface area contributed by atoms with Crippen LogP contribution in [0.4, 0.5) is 0 Å². The summed E-state index contributed by atoms with van der Waals surface area (Å²) in [6, 6.07) is 5.94. The number of rotatable bonds is 6. The van der Waals surface area contributed by atoms with Crippen molar-refractivity contribution in [2.75, 3.05) is 13.2 Å². The quantitative estimate of drug-likeness (QED) is 0.772. The fourth-order valence-electron chi connectivity index (χ4n) is 1.47. The second-order valence-corrected chi connectivity index (χ2v) is 4.02. The number of benzene rings is 1. The van der Waals surface area contributed by atoms with E-state index in [0.29, 0.717) is 6.61 Å². The Morgan fingerprint density at radius 2 is 1.82 bits per heavy atom. The molecule has 0 unspecified atom stereocenters. The third kappa shape index (κ3) is 4.87. The van der Waals surface area contributed by atoms with Crippen molar-refractivity contribution in [3.05, 3.63) is 29.3 Å². The maximum absolute atomic E-state index is 10.5. The minimum absolute atomic E-state index is 0.264. The van der Waals surface area contributed by atoms with E-state index in [0.717, 1.165) is 16.9 Å². The predicted molar refractivity (Wildman–Crippen MR) is 64.5 cm³/mol. The lowest BCUT2D eigenvalue weighted by Gasteiger charge is -2.10. The highest BCUT2D eigenvalue weighted by molar-refractivity contribution is 5.71. The summed E-state index contributed by atoms with van der Waals surface area (Å²) >= 11 is 0. The number of carboxylic acid groups (broad SMARTS) is 1. The number of hydrogen-bond acceptors (Lipinski definition) is 3. The summed E-state index contributed by atoms with van der Waals surface area (Å²) in [5.41, 5.74) is 2.28. The summed E-state index contributed by atoms with van der Waals surface area (Å²) in [5.74, 6) is -0.175. The molecule has 1 rings (SSSR count). The lowest BCUT2D eigenvalue weighted by molar-refractivity contribution is -0.149. The van der Waals surface area contributed by atoms with Gasteiger partial charge in [-0.05, 0) is 44.0 Å². The second-order valence-electron chi connectivity index (χ2n) is 4.02. The highest BCUT2D eigenvalue weighted by Crippen LogP contribution is 2.15. The summed E-state index contributed by atoms with van der Waals surface area (Å²) in [5, 5.41) is 8.61. The van der Waals surface area contributed by atoms with Crippen LogP contribution in [0.2, 0.25) is 0 Å². The average molecular weight is 238 g/mol. The molecule has 0 amide bonds. The van der Waals surface area contributed by atoms with Gasteiger partial charge in [-0.3, -0.25) is 0 Å². The second kappa shape index (κ2) is 6.25. The first-order valence-corrected chi connectivity index (χ1v) is 5.54. The maximum Gasteiger partial charge on any atom is 0.332 e. The SMILES string of the molecule is Cc1cc(C)cc(OCCO[C@H](C)C(=O)O)c1. The molecule has 0 saturated heterocycles. The zero-order valence-corrected chi connectivity index (χ0v) is 10.4. The summed E-state index contributed by atoms with van der Waals surface area (Å²) < 4.78 is 10.5. The van der Waals surface area contributed by atoms with Crippen molar-refractivity contribution >= 4 is 5.97 Å². The normalized spacial score (nSPS) is 12.2. The molecule has 0 heterocycles. The van der Waals surface area contributed by atoms with Crippen LogP contribution in [0.3, 0.4) is 0 Å². The Labute approximate surface area is 101 Å². The summed E-state index contributed by atoms with van der Waals surface area (Å²) in [4.78, 5) is 10.5. The molecule has 1 aromatic carbocycles. The van der Waals surface area contributed by atoms with Crippen LogP contribution in [-0.2, 0) is 9.53 Å². The Kier molecular flexibility index (Phi) is 4.97. The Hall–Kier alpha value is -1.55. The topological polar surface area (TPSA) is 55.8 Å². The van der Waals surface area contributed by atoms with E-state index in [2.05, 4.69) is 6.07 Å². The van der Waals surface area contributed by atoms with E-state index >= 15 is 0 Å². The minimum atomic E-state index is -0.962. The number of carboxylic acids is 1. The highest BCUT2D eigenvalue weighted by atomic mass is 16.5. The highest BCUT2D eigenvalue weighted by Gasteiger charge is 2.10. The van der Waals surface area contributed by atoms with Crippen LogP contribution in [-0.4, -0.2) is 30.4 Å². The number of hydrogen-bond donors (Lipinski definition) is 1. The lowest BCUT2D eigenvalue weighted by Crippen LogP contribution is -2.22. The average Bonchev–Trinajstić information content (AvgIpc) is 2.22. The molecule has 0 bridgehead atoms. The molecule has 0 aromatic heterocycles. The first-order chi connectivity index (χ1) is 7.99. The molecule has 94 valence electrons. The fourth-order valence-corrected chi connectivity index (χ4v) is 1.47. The first-order valence-electron chi connectivity index (χ1n) is 5.54. The van der Waals surface area contributed by atoms with Crippen molar-refractivity contribution in [2.45, 2.75) is 26.9 Å². The number of ether oxygens (including phenoxy) is 2. The van der Waals surface area contributed by atoms with Crippen LogP contribution >= 0.6 is 0 Å². The van der Waals surface area contributed by atoms with Gasteiger partial charge in [0.05, 0.1) is 6.61 Å². The van der Waals surface area contributed by atoms with Gasteiger partial charge in [0.1, 0.15) is 12.4 Å². The van der Waals surface area contributed by atoms with Crippen molar-refractivity contribution in [3.63, 3.8) is 0 Å². The summed E-state index contributed by atoms with van der Waals surface area (Å²) in [6.07, 6.45) is -0.794. The molecular formula is C13H18O4. The molecule has 0 spiro atoms. The van der Waals surface area contributed by atoms with Crippen molar-refractivity contribution in [1.82, 2.24) is 0 Å². The summed E-state index contributed by atoms with van der Waals surface area (Å²) in [7, 11) is 0. The van der Waals surface area contributed by atoms with Gasteiger partial charge in [0.2, 0.25) is 0 Å². The van der Waals surface area contributed by atoms with Crippen molar-refractivity contribution in [2.24, 2.45) is 0 Å². The first kappa shape index (κ1) is 13.5. The Balaban J connectivity index is 2.33. The van der Waals surface area contributed by atoms with Crippen LogP contribution in [0.25, 0.3) is 0 Å². The molecule has 1 N–H and O–H groups in total. The van der Waals surface area contributed by atoms with E-state index in [-0.39, 0.29) is 6.61 Å². The Morgan fingerprint density at radius 1 is 1.24 bits per heavy atom. The van der Waals surface area contributed by atoms with E-state index in [1.165, 1.54) is 6.92 Å². The third-order valence-electron chi connectivity index (χ3n) is 2.26. The lowest BCUT2D eigenvalue weighted by atomic mass is 10.1. The molecule has 4 heteroatoms. The molecule has 0 aliphatic heterocycles. The molecule has 0 aliphatic carbocycles. The van der Waals surface area contributed by atoms with E-state index in [4.69, 9.17) is 14.6 Å². The van der Waals surface area contributed by atoms with E-state index in [1.54, 1.807) is 0 Å². The van der Waals surface area contributed by atoms with Gasteiger partial charge in [-0.25, -0.2) is 4.79 Å². The third-order valence-corrected chi connectivity index (χ3v) is 2.26. The van der Waals surface area contributed by atoms with Gasteiger partial charge in [0.15, 0.2) is 6.10 Å². The number of carbonyl (C=O) groups is 1. The molecule has 0 radical (unpaired) electrons. The largest absolute Gasteiger partial charge is 0.491 e. The van der Waals surface area contributed by atoms with E-state index < -0.39 is 12.1 Å². The molecule has 1 aromatic rings. The van der Waals surface area contributed by atoms with Gasteiger partial charge < -0.3 is 14.6 Å². The molecule has 4 nitrogen and oxygen atoms in total. The van der Waals surface area contributed by atoms with Gasteiger partial charge >= 0.3 is 5.97 Å². The Bertz CT molecular complexity index is 367. The van der Waals surface area contributed by atoms with Crippen LogP contribution in [0.5, 0.6) is 5.75 Å². The van der Waals surface area contributed by atoms with Crippen LogP contribution < -0.4 is 4.74 Å². The van der Waals surface area contributed by atoms with Gasteiger partial charge in [-0.2, -0.15) is 0 Å². The minimum Gasteiger partial charge on any atom is -0.491 e. The molecule has 0 saturated carbocycles. The van der Waals surface area contributed by atoms with Crippen molar-refractivity contribution < 1.29 is 19.4 Å². The maximum atomic E-state index is 10.5. The number of aliphatic carboxylic acids is 1. The zero-order chi connectivity index (χ0) is 12.8. The standard InChI is InChI=1S/C13H18O4/c1-9-6-10(2)8-12(7-9)17-5-4-16-11(3)13(14)15/h6-8,11H,4-5H2,1-3H3,(H,14,15)/t11-/m1/s1. The zero-order valence-electron chi connectivity index (χ0n) is 10.4. The van der Waals surface area contributed by atoms with E-state index in [1.807, 2.05) is 26.0 Å². The van der Waals surface area contributed by atoms with Crippen molar-refractivity contribution in [3.8, 4) is 5.75 Å². The van der Waals surface area contributed by atoms with Gasteiger partial charge in [0.25, 0.3) is 0 Å².